The molecule has 0 saturated heterocycles. The topological polar surface area (TPSA) is 142 Å². The summed E-state index contributed by atoms with van der Waals surface area (Å²) < 4.78 is 0. The van der Waals surface area contributed by atoms with Crippen molar-refractivity contribution >= 4 is 30.4 Å². The number of nitrogens with one attached hydrogen (secondary N) is 2. The van der Waals surface area contributed by atoms with Crippen molar-refractivity contribution in [3.05, 3.63) is 29.8 Å². The van der Waals surface area contributed by atoms with E-state index in [0.717, 1.165) is 0 Å². The van der Waals surface area contributed by atoms with Gasteiger partial charge in [-0.05, 0) is 24.6 Å². The first-order valence-electron chi connectivity index (χ1n) is 7.22. The number of aromatic hydroxyl groups is 1. The third kappa shape index (κ3) is 6.09. The number of rotatable bonds is 8. The molecule has 1 rings (SSSR count). The molecule has 0 aliphatic rings. The summed E-state index contributed by atoms with van der Waals surface area (Å²) in [6.07, 6.45) is 0.115. The maximum atomic E-state index is 12.3. The Kier molecular flexibility index (Phi) is 7.53. The maximum Gasteiger partial charge on any atom is 0.327 e. The number of carbonyl (C=O) groups is 3. The number of carboxylic acid groups (broad SMARTS) is 1. The van der Waals surface area contributed by atoms with Crippen molar-refractivity contribution in [2.45, 2.75) is 31.5 Å². The van der Waals surface area contributed by atoms with Gasteiger partial charge in [-0.1, -0.05) is 12.1 Å². The quantitative estimate of drug-likeness (QED) is 0.339. The van der Waals surface area contributed by atoms with E-state index in [9.17, 15) is 19.5 Å². The van der Waals surface area contributed by atoms with Gasteiger partial charge < -0.3 is 26.6 Å². The van der Waals surface area contributed by atoms with E-state index >= 15 is 0 Å². The van der Waals surface area contributed by atoms with Crippen molar-refractivity contribution < 1.29 is 24.6 Å². The maximum absolute atomic E-state index is 12.3. The largest absolute Gasteiger partial charge is 0.508 e. The summed E-state index contributed by atoms with van der Waals surface area (Å²) in [6.45, 7) is 1.47. The summed E-state index contributed by atoms with van der Waals surface area (Å²) >= 11 is 3.88. The zero-order valence-electron chi connectivity index (χ0n) is 13.1. The van der Waals surface area contributed by atoms with Gasteiger partial charge in [0.05, 0.1) is 6.04 Å². The average molecular weight is 355 g/mol. The van der Waals surface area contributed by atoms with Gasteiger partial charge in [0.25, 0.3) is 0 Å². The number of phenols is 1. The summed E-state index contributed by atoms with van der Waals surface area (Å²) in [5, 5.41) is 23.1. The summed E-state index contributed by atoms with van der Waals surface area (Å²) in [7, 11) is 0. The lowest BCUT2D eigenvalue weighted by Gasteiger charge is -2.21. The number of nitrogens with two attached hydrogens (primary N) is 1. The summed E-state index contributed by atoms with van der Waals surface area (Å²) in [5.41, 5.74) is 6.17. The normalized spacial score (nSPS) is 14.3. The summed E-state index contributed by atoms with van der Waals surface area (Å²) in [6, 6.07) is 3.10. The van der Waals surface area contributed by atoms with Crippen LogP contribution < -0.4 is 16.4 Å². The third-order valence-corrected chi connectivity index (χ3v) is 3.59. The van der Waals surface area contributed by atoms with Crippen LogP contribution in [0.4, 0.5) is 0 Å². The molecule has 0 aliphatic heterocycles. The van der Waals surface area contributed by atoms with Crippen molar-refractivity contribution in [2.75, 3.05) is 5.75 Å². The molecule has 132 valence electrons. The molecular weight excluding hydrogens is 334 g/mol. The van der Waals surface area contributed by atoms with Gasteiger partial charge in [-0.3, -0.25) is 9.59 Å². The Balaban J connectivity index is 2.90. The fourth-order valence-corrected chi connectivity index (χ4v) is 2.09. The number of hydrogen-bond donors (Lipinski definition) is 6. The first-order valence-corrected chi connectivity index (χ1v) is 7.85. The zero-order valence-corrected chi connectivity index (χ0v) is 14.0. The highest BCUT2D eigenvalue weighted by atomic mass is 32.1. The van der Waals surface area contributed by atoms with Crippen LogP contribution >= 0.6 is 12.6 Å². The van der Waals surface area contributed by atoms with Crippen LogP contribution in [0.15, 0.2) is 24.3 Å². The minimum atomic E-state index is -1.22. The molecular formula is C15H21N3O5S. The fraction of sp³-hybridized carbons (Fsp3) is 0.400. The Labute approximate surface area is 144 Å². The van der Waals surface area contributed by atoms with Gasteiger partial charge in [-0.25, -0.2) is 4.79 Å². The predicted molar refractivity (Wildman–Crippen MR) is 90.8 cm³/mol. The van der Waals surface area contributed by atoms with Crippen LogP contribution in [-0.2, 0) is 20.8 Å². The van der Waals surface area contributed by atoms with E-state index in [1.807, 2.05) is 0 Å². The molecule has 0 bridgehead atoms. The molecule has 0 saturated carbocycles. The average Bonchev–Trinajstić information content (AvgIpc) is 2.53. The van der Waals surface area contributed by atoms with Crippen LogP contribution in [0.1, 0.15) is 12.5 Å². The minimum absolute atomic E-state index is 0.0698. The molecule has 9 heteroatoms. The molecule has 0 radical (unpaired) electrons. The zero-order chi connectivity index (χ0) is 18.3. The molecule has 6 N–H and O–H groups in total. The monoisotopic (exact) mass is 355 g/mol. The second-order valence-electron chi connectivity index (χ2n) is 5.30. The molecule has 1 aromatic rings. The van der Waals surface area contributed by atoms with Crippen LogP contribution in [-0.4, -0.2) is 51.9 Å². The first-order chi connectivity index (χ1) is 11.2. The second kappa shape index (κ2) is 9.14. The molecule has 0 aliphatic carbocycles. The summed E-state index contributed by atoms with van der Waals surface area (Å²) in [4.78, 5) is 35.2. The van der Waals surface area contributed by atoms with E-state index in [-0.39, 0.29) is 17.9 Å². The highest BCUT2D eigenvalue weighted by Crippen LogP contribution is 2.11. The predicted octanol–water partition coefficient (Wildman–Crippen LogP) is -0.734. The summed E-state index contributed by atoms with van der Waals surface area (Å²) in [5.74, 6) is -2.43. The smallest absolute Gasteiger partial charge is 0.327 e. The SMILES string of the molecule is C[C@H](N)C(=O)N[C@@H](Cc1ccc(O)cc1)C(=O)N[C@@H](CS)C(=O)O. The van der Waals surface area contributed by atoms with Gasteiger partial charge in [0, 0.05) is 12.2 Å². The number of hydrogen-bond acceptors (Lipinski definition) is 6. The molecule has 3 atom stereocenters. The molecule has 24 heavy (non-hydrogen) atoms. The van der Waals surface area contributed by atoms with Gasteiger partial charge in [0.2, 0.25) is 11.8 Å². The van der Waals surface area contributed by atoms with Gasteiger partial charge in [0.1, 0.15) is 17.8 Å². The lowest BCUT2D eigenvalue weighted by Crippen LogP contribution is -2.55. The Bertz CT molecular complexity index is 591. The van der Waals surface area contributed by atoms with E-state index in [1.54, 1.807) is 12.1 Å². The van der Waals surface area contributed by atoms with Crippen molar-refractivity contribution in [3.63, 3.8) is 0 Å². The molecule has 0 aromatic heterocycles. The van der Waals surface area contributed by atoms with Gasteiger partial charge in [-0.15, -0.1) is 0 Å². The Morgan fingerprint density at radius 2 is 1.67 bits per heavy atom. The number of benzene rings is 1. The van der Waals surface area contributed by atoms with E-state index in [2.05, 4.69) is 23.3 Å². The highest BCUT2D eigenvalue weighted by molar-refractivity contribution is 7.80. The van der Waals surface area contributed by atoms with Crippen LogP contribution in [0.2, 0.25) is 0 Å². The molecule has 8 nitrogen and oxygen atoms in total. The van der Waals surface area contributed by atoms with Crippen molar-refractivity contribution in [2.24, 2.45) is 5.73 Å². The number of amides is 2. The molecule has 0 unspecified atom stereocenters. The number of carbonyl (C=O) groups excluding carboxylic acids is 2. The molecule has 2 amide bonds. The number of phenolic OH excluding ortho intramolecular Hbond substituents is 1. The van der Waals surface area contributed by atoms with Crippen molar-refractivity contribution in [1.29, 1.82) is 0 Å². The first kappa shape index (κ1) is 19.8. The van der Waals surface area contributed by atoms with Crippen LogP contribution in [0, 0.1) is 0 Å². The molecule has 1 aromatic carbocycles. The number of aliphatic carboxylic acids is 1. The standard InChI is InChI=1S/C15H21N3O5S/c1-8(16)13(20)17-11(6-9-2-4-10(19)5-3-9)14(21)18-12(7-24)15(22)23/h2-5,8,11-12,19,24H,6-7,16H2,1H3,(H,17,20)(H,18,21)(H,22,23)/t8-,11-,12-/m0/s1. The second-order valence-corrected chi connectivity index (χ2v) is 5.67. The minimum Gasteiger partial charge on any atom is -0.508 e. The third-order valence-electron chi connectivity index (χ3n) is 3.22. The molecule has 0 spiro atoms. The van der Waals surface area contributed by atoms with Crippen LogP contribution in [0.5, 0.6) is 5.75 Å². The molecule has 0 heterocycles. The number of carboxylic acids is 1. The fourth-order valence-electron chi connectivity index (χ4n) is 1.84. The van der Waals surface area contributed by atoms with Crippen LogP contribution in [0.25, 0.3) is 0 Å². The van der Waals surface area contributed by atoms with Gasteiger partial charge in [0.15, 0.2) is 0 Å². The van der Waals surface area contributed by atoms with Gasteiger partial charge >= 0.3 is 5.97 Å². The lowest BCUT2D eigenvalue weighted by atomic mass is 10.0. The lowest BCUT2D eigenvalue weighted by molar-refractivity contribution is -0.141. The van der Waals surface area contributed by atoms with E-state index in [1.165, 1.54) is 19.1 Å². The van der Waals surface area contributed by atoms with Crippen LogP contribution in [0.3, 0.4) is 0 Å². The Morgan fingerprint density at radius 3 is 2.12 bits per heavy atom. The van der Waals surface area contributed by atoms with Crippen molar-refractivity contribution in [1.82, 2.24) is 10.6 Å². The van der Waals surface area contributed by atoms with E-state index in [0.29, 0.717) is 5.56 Å². The Hall–Kier alpha value is -2.26. The van der Waals surface area contributed by atoms with E-state index in [4.69, 9.17) is 10.8 Å². The van der Waals surface area contributed by atoms with E-state index < -0.39 is 35.9 Å². The highest BCUT2D eigenvalue weighted by Gasteiger charge is 2.26. The molecule has 0 fully saturated rings. The van der Waals surface area contributed by atoms with Gasteiger partial charge in [-0.2, -0.15) is 12.6 Å². The number of thiol groups is 1. The van der Waals surface area contributed by atoms with Crippen molar-refractivity contribution in [3.8, 4) is 5.75 Å². The Morgan fingerprint density at radius 1 is 1.12 bits per heavy atom.